The van der Waals surface area contributed by atoms with E-state index in [0.29, 0.717) is 12.1 Å². The molecule has 1 saturated carbocycles. The van der Waals surface area contributed by atoms with Crippen LogP contribution < -0.4 is 10.5 Å². The predicted molar refractivity (Wildman–Crippen MR) is 88.4 cm³/mol. The molecule has 0 heterocycles. The molecule has 21 heavy (non-hydrogen) atoms. The van der Waals surface area contributed by atoms with Gasteiger partial charge >= 0.3 is 0 Å². The zero-order valence-electron chi connectivity index (χ0n) is 13.9. The van der Waals surface area contributed by atoms with Crippen LogP contribution in [0.4, 0.5) is 0 Å². The van der Waals surface area contributed by atoms with Crippen molar-refractivity contribution in [1.82, 2.24) is 4.90 Å². The van der Waals surface area contributed by atoms with Crippen LogP contribution in [0.1, 0.15) is 38.7 Å². The van der Waals surface area contributed by atoms with E-state index in [2.05, 4.69) is 44.0 Å². The van der Waals surface area contributed by atoms with Crippen molar-refractivity contribution in [2.24, 2.45) is 17.6 Å². The molecule has 0 aromatic heterocycles. The van der Waals surface area contributed by atoms with E-state index >= 15 is 0 Å². The summed E-state index contributed by atoms with van der Waals surface area (Å²) >= 11 is 0. The maximum atomic E-state index is 6.39. The highest BCUT2D eigenvalue weighted by Crippen LogP contribution is 2.32. The number of hydrogen-bond acceptors (Lipinski definition) is 3. The van der Waals surface area contributed by atoms with Crippen LogP contribution >= 0.6 is 0 Å². The van der Waals surface area contributed by atoms with E-state index in [1.54, 1.807) is 7.11 Å². The van der Waals surface area contributed by atoms with Crippen molar-refractivity contribution in [3.8, 4) is 5.75 Å². The minimum Gasteiger partial charge on any atom is -0.497 e. The molecule has 2 N–H and O–H groups in total. The predicted octanol–water partition coefficient (Wildman–Crippen LogP) is 3.28. The fraction of sp³-hybridized carbons (Fsp3) is 0.667. The summed E-state index contributed by atoms with van der Waals surface area (Å²) in [5, 5.41) is 0. The second-order valence-corrected chi connectivity index (χ2v) is 6.81. The normalized spacial score (nSPS) is 26.3. The van der Waals surface area contributed by atoms with E-state index in [1.807, 2.05) is 6.07 Å². The van der Waals surface area contributed by atoms with E-state index in [0.717, 1.165) is 30.6 Å². The number of likely N-dealkylation sites (N-methyl/N-ethyl adjacent to an activating group) is 1. The summed E-state index contributed by atoms with van der Waals surface area (Å²) in [6.45, 7) is 5.60. The van der Waals surface area contributed by atoms with Gasteiger partial charge in [0.15, 0.2) is 0 Å². The summed E-state index contributed by atoms with van der Waals surface area (Å²) in [5.41, 5.74) is 7.67. The van der Waals surface area contributed by atoms with Crippen molar-refractivity contribution >= 4 is 0 Å². The molecule has 118 valence electrons. The zero-order chi connectivity index (χ0) is 15.4. The third kappa shape index (κ3) is 4.21. The molecule has 0 radical (unpaired) electrons. The molecule has 3 unspecified atom stereocenters. The highest BCUT2D eigenvalue weighted by Gasteiger charge is 2.32. The van der Waals surface area contributed by atoms with Gasteiger partial charge in [-0.2, -0.15) is 0 Å². The summed E-state index contributed by atoms with van der Waals surface area (Å²) in [5.74, 6) is 2.49. The fourth-order valence-electron chi connectivity index (χ4n) is 3.49. The van der Waals surface area contributed by atoms with Gasteiger partial charge in [-0.3, -0.25) is 4.90 Å². The number of rotatable bonds is 5. The molecule has 0 spiro atoms. The van der Waals surface area contributed by atoms with Crippen LogP contribution in [0.15, 0.2) is 24.3 Å². The number of hydrogen-bond donors (Lipinski definition) is 1. The summed E-state index contributed by atoms with van der Waals surface area (Å²) in [6, 6.07) is 9.11. The summed E-state index contributed by atoms with van der Waals surface area (Å²) in [7, 11) is 3.92. The molecule has 3 nitrogen and oxygen atoms in total. The Bertz CT molecular complexity index is 447. The minimum absolute atomic E-state index is 0.301. The minimum atomic E-state index is 0.301. The Balaban J connectivity index is 2.01. The molecule has 1 aromatic rings. The van der Waals surface area contributed by atoms with Crippen LogP contribution in [-0.4, -0.2) is 31.1 Å². The van der Waals surface area contributed by atoms with E-state index in [1.165, 1.54) is 18.4 Å². The molecule has 3 heteroatoms. The smallest absolute Gasteiger partial charge is 0.119 e. The Kier molecular flexibility index (Phi) is 5.65. The lowest BCUT2D eigenvalue weighted by molar-refractivity contribution is 0.113. The first kappa shape index (κ1) is 16.3. The van der Waals surface area contributed by atoms with Crippen LogP contribution in [0, 0.1) is 11.8 Å². The zero-order valence-corrected chi connectivity index (χ0v) is 13.9. The molecule has 1 fully saturated rings. The van der Waals surface area contributed by atoms with Gasteiger partial charge in [-0.25, -0.2) is 0 Å². The molecule has 3 atom stereocenters. The maximum Gasteiger partial charge on any atom is 0.119 e. The number of methoxy groups -OCH3 is 1. The molecule has 0 aliphatic heterocycles. The lowest BCUT2D eigenvalue weighted by Crippen LogP contribution is -2.50. The van der Waals surface area contributed by atoms with Crippen molar-refractivity contribution < 1.29 is 4.74 Å². The molecule has 0 amide bonds. The van der Waals surface area contributed by atoms with Gasteiger partial charge in [-0.15, -0.1) is 0 Å². The summed E-state index contributed by atoms with van der Waals surface area (Å²) in [4.78, 5) is 2.42. The first-order chi connectivity index (χ1) is 10.0. The van der Waals surface area contributed by atoms with Crippen molar-refractivity contribution in [1.29, 1.82) is 0 Å². The Labute approximate surface area is 129 Å². The van der Waals surface area contributed by atoms with Gasteiger partial charge in [-0.05, 0) is 55.8 Å². The lowest BCUT2D eigenvalue weighted by Gasteiger charge is -2.41. The average molecular weight is 290 g/mol. The quantitative estimate of drug-likeness (QED) is 0.904. The Morgan fingerprint density at radius 1 is 1.33 bits per heavy atom. The SMILES string of the molecule is COc1cccc(CN(C)C2CC(C(C)C)CCC2N)c1. The molecular formula is C18H30N2O. The molecule has 1 aliphatic carbocycles. The molecule has 1 aromatic carbocycles. The Hall–Kier alpha value is -1.06. The maximum absolute atomic E-state index is 6.39. The van der Waals surface area contributed by atoms with Crippen LogP contribution in [0.3, 0.4) is 0 Å². The van der Waals surface area contributed by atoms with Crippen LogP contribution in [0.25, 0.3) is 0 Å². The van der Waals surface area contributed by atoms with Gasteiger partial charge < -0.3 is 10.5 Å². The van der Waals surface area contributed by atoms with E-state index in [4.69, 9.17) is 10.5 Å². The first-order valence-electron chi connectivity index (χ1n) is 8.10. The van der Waals surface area contributed by atoms with E-state index in [-0.39, 0.29) is 0 Å². The molecular weight excluding hydrogens is 260 g/mol. The second kappa shape index (κ2) is 7.28. The first-order valence-corrected chi connectivity index (χ1v) is 8.10. The average Bonchev–Trinajstić information content (AvgIpc) is 2.47. The van der Waals surface area contributed by atoms with Crippen molar-refractivity contribution in [2.75, 3.05) is 14.2 Å². The number of benzene rings is 1. The standard InChI is InChI=1S/C18H30N2O/c1-13(2)15-8-9-17(19)18(11-15)20(3)12-14-6-5-7-16(10-14)21-4/h5-7,10,13,15,17-18H,8-9,11-12,19H2,1-4H3. The largest absolute Gasteiger partial charge is 0.497 e. The van der Waals surface area contributed by atoms with E-state index < -0.39 is 0 Å². The fourth-order valence-corrected chi connectivity index (χ4v) is 3.49. The van der Waals surface area contributed by atoms with Crippen molar-refractivity contribution in [3.05, 3.63) is 29.8 Å². The highest BCUT2D eigenvalue weighted by atomic mass is 16.5. The lowest BCUT2D eigenvalue weighted by atomic mass is 9.76. The van der Waals surface area contributed by atoms with Crippen LogP contribution in [0.5, 0.6) is 5.75 Å². The number of nitrogens with zero attached hydrogens (tertiary/aromatic N) is 1. The second-order valence-electron chi connectivity index (χ2n) is 6.81. The van der Waals surface area contributed by atoms with Gasteiger partial charge in [0, 0.05) is 18.6 Å². The van der Waals surface area contributed by atoms with Gasteiger partial charge in [0.25, 0.3) is 0 Å². The van der Waals surface area contributed by atoms with E-state index in [9.17, 15) is 0 Å². The number of ether oxygens (including phenoxy) is 1. The van der Waals surface area contributed by atoms with Crippen molar-refractivity contribution in [2.45, 2.75) is 51.7 Å². The highest BCUT2D eigenvalue weighted by molar-refractivity contribution is 5.28. The molecule has 0 saturated heterocycles. The van der Waals surface area contributed by atoms with Crippen LogP contribution in [-0.2, 0) is 6.54 Å². The third-order valence-corrected chi connectivity index (χ3v) is 4.98. The van der Waals surface area contributed by atoms with Crippen molar-refractivity contribution in [3.63, 3.8) is 0 Å². The Morgan fingerprint density at radius 2 is 2.10 bits per heavy atom. The van der Waals surface area contributed by atoms with Gasteiger partial charge in [0.1, 0.15) is 5.75 Å². The summed E-state index contributed by atoms with van der Waals surface area (Å²) < 4.78 is 5.31. The third-order valence-electron chi connectivity index (χ3n) is 4.98. The monoisotopic (exact) mass is 290 g/mol. The molecule has 2 rings (SSSR count). The topological polar surface area (TPSA) is 38.5 Å². The summed E-state index contributed by atoms with van der Waals surface area (Å²) in [6.07, 6.45) is 3.65. The molecule has 0 bridgehead atoms. The van der Waals surface area contributed by atoms with Gasteiger partial charge in [0.2, 0.25) is 0 Å². The van der Waals surface area contributed by atoms with Gasteiger partial charge in [0.05, 0.1) is 7.11 Å². The van der Waals surface area contributed by atoms with Gasteiger partial charge in [-0.1, -0.05) is 26.0 Å². The molecule has 1 aliphatic rings. The van der Waals surface area contributed by atoms with Crippen LogP contribution in [0.2, 0.25) is 0 Å². The number of nitrogens with two attached hydrogens (primary N) is 1. The Morgan fingerprint density at radius 3 is 2.76 bits per heavy atom.